The van der Waals surface area contributed by atoms with Crippen molar-refractivity contribution >= 4 is 17.3 Å². The fourth-order valence-corrected chi connectivity index (χ4v) is 4.59. The molecule has 4 aromatic rings. The van der Waals surface area contributed by atoms with Gasteiger partial charge in [-0.15, -0.1) is 0 Å². The fourth-order valence-electron chi connectivity index (χ4n) is 4.59. The molecule has 0 aliphatic carbocycles. The van der Waals surface area contributed by atoms with Crippen LogP contribution in [0.25, 0.3) is 11.0 Å². The number of ether oxygens (including phenoxy) is 1. The van der Waals surface area contributed by atoms with Crippen LogP contribution in [0, 0.1) is 11.8 Å². The van der Waals surface area contributed by atoms with Crippen LogP contribution in [-0.4, -0.2) is 51.4 Å². The molecule has 0 fully saturated rings. The normalized spacial score (nSPS) is 16.9. The molecule has 0 saturated heterocycles. The first kappa shape index (κ1) is 22.6. The van der Waals surface area contributed by atoms with Gasteiger partial charge in [0, 0.05) is 29.1 Å². The van der Waals surface area contributed by atoms with Crippen molar-refractivity contribution in [3.05, 3.63) is 83.2 Å². The van der Waals surface area contributed by atoms with Gasteiger partial charge in [0.25, 0.3) is 0 Å². The van der Waals surface area contributed by atoms with E-state index in [0.717, 1.165) is 22.4 Å². The number of benzene rings is 2. The van der Waals surface area contributed by atoms with Crippen LogP contribution in [-0.2, 0) is 0 Å². The Morgan fingerprint density at radius 1 is 1.14 bits per heavy atom. The van der Waals surface area contributed by atoms with Gasteiger partial charge < -0.3 is 9.30 Å². The van der Waals surface area contributed by atoms with E-state index in [0.29, 0.717) is 29.4 Å². The number of hydrogen-bond donors (Lipinski definition) is 0. The first-order chi connectivity index (χ1) is 17.0. The van der Waals surface area contributed by atoms with E-state index in [2.05, 4.69) is 21.8 Å². The summed E-state index contributed by atoms with van der Waals surface area (Å²) in [5, 5.41) is 0. The van der Waals surface area contributed by atoms with Crippen LogP contribution < -0.4 is 4.74 Å². The van der Waals surface area contributed by atoms with Crippen molar-refractivity contribution in [1.82, 2.24) is 24.4 Å². The summed E-state index contributed by atoms with van der Waals surface area (Å²) in [6.07, 6.45) is 5.93. The SMILES string of the molecule is CN(C)C1C[C@H](c2c(C=O)cccc2OC(F)F)n2c1nc1ccc(C#Cc3cncnc3)cc12. The van der Waals surface area contributed by atoms with Crippen molar-refractivity contribution in [3.63, 3.8) is 0 Å². The maximum atomic E-state index is 13.2. The lowest BCUT2D eigenvalue weighted by molar-refractivity contribution is -0.0507. The van der Waals surface area contributed by atoms with Crippen LogP contribution in [0.2, 0.25) is 0 Å². The summed E-state index contributed by atoms with van der Waals surface area (Å²) in [4.78, 5) is 26.8. The van der Waals surface area contributed by atoms with Crippen LogP contribution >= 0.6 is 0 Å². The van der Waals surface area contributed by atoms with Crippen LogP contribution in [0.15, 0.2) is 55.1 Å². The number of aldehydes is 1. The minimum atomic E-state index is -3.01. The molecule has 1 aliphatic rings. The lowest BCUT2D eigenvalue weighted by atomic mass is 9.96. The molecule has 7 nitrogen and oxygen atoms in total. The zero-order valence-electron chi connectivity index (χ0n) is 19.0. The Hall–Kier alpha value is -4.16. The topological polar surface area (TPSA) is 73.1 Å². The summed E-state index contributed by atoms with van der Waals surface area (Å²) < 4.78 is 33.3. The molecule has 176 valence electrons. The molecule has 35 heavy (non-hydrogen) atoms. The molecule has 3 heterocycles. The first-order valence-corrected chi connectivity index (χ1v) is 10.9. The summed E-state index contributed by atoms with van der Waals surface area (Å²) in [5.41, 5.74) is 3.72. The van der Waals surface area contributed by atoms with E-state index in [1.165, 1.54) is 18.5 Å². The molecule has 0 N–H and O–H groups in total. The van der Waals surface area contributed by atoms with E-state index in [4.69, 9.17) is 9.72 Å². The quantitative estimate of drug-likeness (QED) is 0.319. The van der Waals surface area contributed by atoms with Gasteiger partial charge in [0.1, 0.15) is 17.9 Å². The van der Waals surface area contributed by atoms with Gasteiger partial charge in [-0.25, -0.2) is 15.0 Å². The van der Waals surface area contributed by atoms with Crippen LogP contribution in [0.4, 0.5) is 8.78 Å². The number of carbonyl (C=O) groups excluding carboxylic acids is 1. The summed E-state index contributed by atoms with van der Waals surface area (Å²) in [7, 11) is 3.88. The molecular weight excluding hydrogens is 452 g/mol. The highest BCUT2D eigenvalue weighted by Gasteiger charge is 2.38. The lowest BCUT2D eigenvalue weighted by Gasteiger charge is -2.22. The Morgan fingerprint density at radius 2 is 1.91 bits per heavy atom. The van der Waals surface area contributed by atoms with Crippen molar-refractivity contribution in [3.8, 4) is 17.6 Å². The molecule has 1 unspecified atom stereocenters. The average Bonchev–Trinajstić information content (AvgIpc) is 3.40. The number of rotatable bonds is 5. The smallest absolute Gasteiger partial charge is 0.387 e. The second-order valence-corrected chi connectivity index (χ2v) is 8.41. The van der Waals surface area contributed by atoms with Crippen LogP contribution in [0.3, 0.4) is 0 Å². The average molecular weight is 473 g/mol. The molecule has 0 amide bonds. The third kappa shape index (κ3) is 4.24. The largest absolute Gasteiger partial charge is 0.434 e. The number of alkyl halides is 2. The molecule has 0 spiro atoms. The van der Waals surface area contributed by atoms with Gasteiger partial charge in [-0.2, -0.15) is 8.78 Å². The second-order valence-electron chi connectivity index (χ2n) is 8.41. The third-order valence-corrected chi connectivity index (χ3v) is 6.08. The van der Waals surface area contributed by atoms with E-state index in [1.807, 2.05) is 41.8 Å². The number of nitrogens with zero attached hydrogens (tertiary/aromatic N) is 5. The van der Waals surface area contributed by atoms with Crippen molar-refractivity contribution in [1.29, 1.82) is 0 Å². The third-order valence-electron chi connectivity index (χ3n) is 6.08. The summed E-state index contributed by atoms with van der Waals surface area (Å²) in [5.74, 6) is 6.94. The molecule has 9 heteroatoms. The number of halogens is 2. The van der Waals surface area contributed by atoms with E-state index >= 15 is 0 Å². The van der Waals surface area contributed by atoms with Crippen molar-refractivity contribution in [2.75, 3.05) is 14.1 Å². The van der Waals surface area contributed by atoms with E-state index in [1.54, 1.807) is 18.5 Å². The van der Waals surface area contributed by atoms with Crippen molar-refractivity contribution < 1.29 is 18.3 Å². The Kier molecular flexibility index (Phi) is 5.97. The number of hydrogen-bond acceptors (Lipinski definition) is 6. The molecule has 0 bridgehead atoms. The minimum absolute atomic E-state index is 0.0122. The number of fused-ring (bicyclic) bond motifs is 3. The predicted molar refractivity (Wildman–Crippen MR) is 125 cm³/mol. The Morgan fingerprint density at radius 3 is 2.63 bits per heavy atom. The fraction of sp³-hybridized carbons (Fsp3) is 0.231. The van der Waals surface area contributed by atoms with E-state index in [9.17, 15) is 13.6 Å². The summed E-state index contributed by atoms with van der Waals surface area (Å²) >= 11 is 0. The summed E-state index contributed by atoms with van der Waals surface area (Å²) in [6, 6.07) is 9.80. The van der Waals surface area contributed by atoms with E-state index < -0.39 is 12.7 Å². The highest BCUT2D eigenvalue weighted by atomic mass is 19.3. The van der Waals surface area contributed by atoms with Gasteiger partial charge in [0.15, 0.2) is 6.29 Å². The summed E-state index contributed by atoms with van der Waals surface area (Å²) in [6.45, 7) is -3.01. The first-order valence-electron chi connectivity index (χ1n) is 10.9. The van der Waals surface area contributed by atoms with Crippen molar-refractivity contribution in [2.45, 2.75) is 25.1 Å². The van der Waals surface area contributed by atoms with Gasteiger partial charge in [-0.1, -0.05) is 24.0 Å². The molecule has 0 saturated carbocycles. The number of carbonyl (C=O) groups is 1. The Balaban J connectivity index is 1.68. The maximum Gasteiger partial charge on any atom is 0.387 e. The highest BCUT2D eigenvalue weighted by Crippen LogP contribution is 2.46. The number of imidazole rings is 1. The van der Waals surface area contributed by atoms with Gasteiger partial charge >= 0.3 is 6.61 Å². The van der Waals surface area contributed by atoms with Gasteiger partial charge in [-0.05, 0) is 44.8 Å². The van der Waals surface area contributed by atoms with E-state index in [-0.39, 0.29) is 11.8 Å². The highest BCUT2D eigenvalue weighted by molar-refractivity contribution is 5.82. The molecule has 2 aromatic heterocycles. The van der Waals surface area contributed by atoms with Gasteiger partial charge in [0.2, 0.25) is 0 Å². The lowest BCUT2D eigenvalue weighted by Crippen LogP contribution is -2.18. The molecular formula is C26H21F2N5O2. The molecule has 5 rings (SSSR count). The maximum absolute atomic E-state index is 13.2. The Bertz CT molecular complexity index is 1460. The Labute approximate surface area is 200 Å². The minimum Gasteiger partial charge on any atom is -0.434 e. The van der Waals surface area contributed by atoms with Gasteiger partial charge in [0.05, 0.1) is 28.7 Å². The molecule has 2 atom stereocenters. The van der Waals surface area contributed by atoms with Crippen LogP contribution in [0.1, 0.15) is 51.4 Å². The number of aromatic nitrogens is 4. The zero-order chi connectivity index (χ0) is 24.5. The molecule has 2 aromatic carbocycles. The monoisotopic (exact) mass is 473 g/mol. The molecule has 0 radical (unpaired) electrons. The van der Waals surface area contributed by atoms with Crippen LogP contribution in [0.5, 0.6) is 5.75 Å². The zero-order valence-corrected chi connectivity index (χ0v) is 19.0. The predicted octanol–water partition coefficient (Wildman–Crippen LogP) is 4.24. The standard InChI is InChI=1S/C26H21F2N5O2/c1-32(2)22-11-21(24-18(14-34)4-3-5-23(24)35-26(27)28)33-20-10-16(8-9-19(20)31-25(22)33)6-7-17-12-29-15-30-13-17/h3-5,8-10,12-15,21-22,26H,11H2,1-2H3/t21-,22?/m1/s1. The van der Waals surface area contributed by atoms with Crippen molar-refractivity contribution in [2.24, 2.45) is 0 Å². The second kappa shape index (κ2) is 9.24. The van der Waals surface area contributed by atoms with Gasteiger partial charge in [-0.3, -0.25) is 9.69 Å². The molecule has 1 aliphatic heterocycles.